The average Bonchev–Trinajstić information content (AvgIpc) is 2.73. The number of hydrogen-bond acceptors (Lipinski definition) is 3. The minimum absolute atomic E-state index is 0.113. The summed E-state index contributed by atoms with van der Waals surface area (Å²) in [7, 11) is 0. The molecule has 0 spiro atoms. The number of pyridine rings is 1. The molecule has 0 saturated heterocycles. The summed E-state index contributed by atoms with van der Waals surface area (Å²) in [6.45, 7) is 8.22. The molecule has 0 atom stereocenters. The number of H-pyrrole nitrogens is 1. The van der Waals surface area contributed by atoms with E-state index < -0.39 is 0 Å². The van der Waals surface area contributed by atoms with Crippen LogP contribution in [0.2, 0.25) is 0 Å². The van der Waals surface area contributed by atoms with E-state index in [-0.39, 0.29) is 11.2 Å². The van der Waals surface area contributed by atoms with Crippen molar-refractivity contribution in [3.8, 4) is 17.3 Å². The molecule has 0 radical (unpaired) electrons. The third-order valence-electron chi connectivity index (χ3n) is 3.05. The van der Waals surface area contributed by atoms with E-state index in [9.17, 15) is 5.26 Å². The average molecular weight is 254 g/mol. The van der Waals surface area contributed by atoms with Crippen LogP contribution in [0, 0.1) is 18.3 Å². The van der Waals surface area contributed by atoms with E-state index in [1.165, 1.54) is 0 Å². The fourth-order valence-corrected chi connectivity index (χ4v) is 1.94. The molecule has 0 saturated carbocycles. The number of rotatable bonds is 1. The van der Waals surface area contributed by atoms with Crippen LogP contribution in [0.15, 0.2) is 18.3 Å². The van der Waals surface area contributed by atoms with Crippen LogP contribution < -0.4 is 5.73 Å². The largest absolute Gasteiger partial charge is 0.383 e. The van der Waals surface area contributed by atoms with Crippen molar-refractivity contribution in [3.05, 3.63) is 35.2 Å². The van der Waals surface area contributed by atoms with Gasteiger partial charge in [-0.15, -0.1) is 0 Å². The maximum absolute atomic E-state index is 9.28. The molecule has 0 aliphatic heterocycles. The number of aromatic nitrogens is 2. The van der Waals surface area contributed by atoms with E-state index in [0.29, 0.717) is 5.56 Å². The second kappa shape index (κ2) is 4.43. The first-order valence-corrected chi connectivity index (χ1v) is 6.19. The summed E-state index contributed by atoms with van der Waals surface area (Å²) in [6.07, 6.45) is 1.91. The topological polar surface area (TPSA) is 78.5 Å². The van der Waals surface area contributed by atoms with Gasteiger partial charge in [0.25, 0.3) is 0 Å². The van der Waals surface area contributed by atoms with Crippen molar-refractivity contribution < 1.29 is 0 Å². The molecule has 0 aromatic carbocycles. The number of nitrogen functional groups attached to an aromatic ring is 1. The highest BCUT2D eigenvalue weighted by Gasteiger charge is 2.20. The fourth-order valence-electron chi connectivity index (χ4n) is 1.94. The Bertz CT molecular complexity index is 654. The Kier molecular flexibility index (Phi) is 3.07. The van der Waals surface area contributed by atoms with Crippen LogP contribution in [0.3, 0.4) is 0 Å². The maximum Gasteiger partial charge on any atom is 0.142 e. The number of nitrogens with one attached hydrogen (secondary N) is 1. The number of aromatic amines is 1. The van der Waals surface area contributed by atoms with Crippen molar-refractivity contribution in [2.24, 2.45) is 0 Å². The summed E-state index contributed by atoms with van der Waals surface area (Å²) in [4.78, 5) is 7.52. The first-order chi connectivity index (χ1) is 8.82. The Balaban J connectivity index is 2.71. The second-order valence-corrected chi connectivity index (χ2v) is 5.77. The molecule has 2 aromatic rings. The monoisotopic (exact) mass is 254 g/mol. The van der Waals surface area contributed by atoms with Gasteiger partial charge in [-0.05, 0) is 24.6 Å². The van der Waals surface area contributed by atoms with Gasteiger partial charge in [-0.25, -0.2) is 4.98 Å². The molecule has 0 aliphatic rings. The Hall–Kier alpha value is -2.28. The molecule has 98 valence electrons. The Labute approximate surface area is 113 Å². The van der Waals surface area contributed by atoms with Crippen LogP contribution in [0.5, 0.6) is 0 Å². The highest BCUT2D eigenvalue weighted by molar-refractivity contribution is 5.74. The van der Waals surface area contributed by atoms with Gasteiger partial charge >= 0.3 is 0 Å². The first kappa shape index (κ1) is 13.2. The number of anilines is 1. The van der Waals surface area contributed by atoms with Crippen LogP contribution in [0.25, 0.3) is 11.3 Å². The molecule has 19 heavy (non-hydrogen) atoms. The lowest BCUT2D eigenvalue weighted by molar-refractivity contribution is 0.570. The molecular weight excluding hydrogens is 236 g/mol. The third kappa shape index (κ3) is 2.45. The van der Waals surface area contributed by atoms with Gasteiger partial charge in [-0.2, -0.15) is 5.26 Å². The summed E-state index contributed by atoms with van der Waals surface area (Å²) in [5.74, 6) is 0.289. The number of aryl methyl sites for hydroxylation is 1. The van der Waals surface area contributed by atoms with Crippen molar-refractivity contribution in [1.82, 2.24) is 9.97 Å². The van der Waals surface area contributed by atoms with Crippen molar-refractivity contribution in [2.45, 2.75) is 33.1 Å². The van der Waals surface area contributed by atoms with Gasteiger partial charge in [0.15, 0.2) is 0 Å². The lowest BCUT2D eigenvalue weighted by atomic mass is 9.89. The van der Waals surface area contributed by atoms with Crippen molar-refractivity contribution in [3.63, 3.8) is 0 Å². The van der Waals surface area contributed by atoms with Gasteiger partial charge in [-0.1, -0.05) is 20.8 Å². The summed E-state index contributed by atoms with van der Waals surface area (Å²) >= 11 is 0. The van der Waals surface area contributed by atoms with Crippen LogP contribution in [-0.4, -0.2) is 9.97 Å². The molecular formula is C15H18N4. The molecule has 2 aromatic heterocycles. The number of nitriles is 1. The third-order valence-corrected chi connectivity index (χ3v) is 3.05. The molecule has 0 unspecified atom stereocenters. The zero-order valence-electron chi connectivity index (χ0n) is 11.7. The van der Waals surface area contributed by atoms with Gasteiger partial charge in [0.1, 0.15) is 17.5 Å². The van der Waals surface area contributed by atoms with Crippen LogP contribution in [0.1, 0.15) is 37.6 Å². The summed E-state index contributed by atoms with van der Waals surface area (Å²) in [6, 6.07) is 6.09. The van der Waals surface area contributed by atoms with Crippen LogP contribution >= 0.6 is 0 Å². The van der Waals surface area contributed by atoms with E-state index in [1.807, 2.05) is 25.3 Å². The lowest BCUT2D eigenvalue weighted by Crippen LogP contribution is -2.15. The summed E-state index contributed by atoms with van der Waals surface area (Å²) < 4.78 is 0. The highest BCUT2D eigenvalue weighted by atomic mass is 14.9. The minimum atomic E-state index is -0.113. The normalized spacial score (nSPS) is 11.3. The first-order valence-electron chi connectivity index (χ1n) is 6.19. The minimum Gasteiger partial charge on any atom is -0.383 e. The number of nitrogens with zero attached hydrogens (tertiary/aromatic N) is 2. The molecule has 0 bridgehead atoms. The maximum atomic E-state index is 9.28. The zero-order valence-corrected chi connectivity index (χ0v) is 11.7. The number of hydrogen-bond donors (Lipinski definition) is 2. The SMILES string of the molecule is Cc1c[nH]c(-c2cc(C(C)(C)C)nc(N)c2C#N)c1. The zero-order chi connectivity index (χ0) is 14.2. The van der Waals surface area contributed by atoms with E-state index in [0.717, 1.165) is 22.5 Å². The smallest absolute Gasteiger partial charge is 0.142 e. The van der Waals surface area contributed by atoms with Gasteiger partial charge in [0.2, 0.25) is 0 Å². The van der Waals surface area contributed by atoms with E-state index in [2.05, 4.69) is 36.8 Å². The van der Waals surface area contributed by atoms with Crippen molar-refractivity contribution >= 4 is 5.82 Å². The Morgan fingerprint density at radius 1 is 1.32 bits per heavy atom. The molecule has 2 heterocycles. The van der Waals surface area contributed by atoms with Gasteiger partial charge in [-0.3, -0.25) is 0 Å². The standard InChI is InChI=1S/C15H18N4/c1-9-5-12(18-8-9)10-6-13(15(2,3)4)19-14(17)11(10)7-16/h5-6,8,18H,1-4H3,(H2,17,19). The molecule has 3 N–H and O–H groups in total. The number of nitrogens with two attached hydrogens (primary N) is 1. The van der Waals surface area contributed by atoms with Crippen LogP contribution in [0.4, 0.5) is 5.82 Å². The predicted octanol–water partition coefficient (Wildman–Crippen LogP) is 3.14. The Morgan fingerprint density at radius 3 is 2.47 bits per heavy atom. The van der Waals surface area contributed by atoms with E-state index in [1.54, 1.807) is 0 Å². The molecule has 4 heteroatoms. The predicted molar refractivity (Wildman–Crippen MR) is 76.6 cm³/mol. The molecule has 0 amide bonds. The summed E-state index contributed by atoms with van der Waals surface area (Å²) in [5.41, 5.74) is 9.95. The highest BCUT2D eigenvalue weighted by Crippen LogP contribution is 2.31. The van der Waals surface area contributed by atoms with Crippen molar-refractivity contribution in [2.75, 3.05) is 5.73 Å². The van der Waals surface area contributed by atoms with Crippen LogP contribution in [-0.2, 0) is 5.41 Å². The van der Waals surface area contributed by atoms with Gasteiger partial charge in [0.05, 0.1) is 0 Å². The van der Waals surface area contributed by atoms with Gasteiger partial charge < -0.3 is 10.7 Å². The quantitative estimate of drug-likeness (QED) is 0.820. The molecule has 4 nitrogen and oxygen atoms in total. The van der Waals surface area contributed by atoms with Gasteiger partial charge in [0, 0.05) is 28.6 Å². The Morgan fingerprint density at radius 2 is 2.00 bits per heavy atom. The molecule has 2 rings (SSSR count). The molecule has 0 fully saturated rings. The molecule has 0 aliphatic carbocycles. The lowest BCUT2D eigenvalue weighted by Gasteiger charge is -2.19. The van der Waals surface area contributed by atoms with E-state index >= 15 is 0 Å². The van der Waals surface area contributed by atoms with E-state index in [4.69, 9.17) is 5.73 Å². The van der Waals surface area contributed by atoms with Crippen molar-refractivity contribution in [1.29, 1.82) is 5.26 Å². The second-order valence-electron chi connectivity index (χ2n) is 5.77. The summed E-state index contributed by atoms with van der Waals surface area (Å²) in [5, 5.41) is 9.28. The fraction of sp³-hybridized carbons (Fsp3) is 0.333.